The Bertz CT molecular complexity index is 2420. The van der Waals surface area contributed by atoms with Gasteiger partial charge in [-0.25, -0.2) is 45.6 Å². The number of carboxylic acids is 2. The van der Waals surface area contributed by atoms with Crippen molar-refractivity contribution in [3.63, 3.8) is 0 Å². The summed E-state index contributed by atoms with van der Waals surface area (Å²) in [4.78, 5) is 39.2. The maximum Gasteiger partial charge on any atom is 2.00 e. The molecule has 0 saturated heterocycles. The first-order valence-corrected chi connectivity index (χ1v) is 24.6. The van der Waals surface area contributed by atoms with Gasteiger partial charge in [-0.2, -0.15) is 0 Å². The zero-order valence-electron chi connectivity index (χ0n) is 37.9. The fourth-order valence-corrected chi connectivity index (χ4v) is 6.71. The van der Waals surface area contributed by atoms with Crippen LogP contribution in [0.5, 0.6) is 0 Å². The van der Waals surface area contributed by atoms with Gasteiger partial charge in [-0.1, -0.05) is 52.0 Å². The molecule has 2 heterocycles. The molecule has 0 aliphatic carbocycles. The molecular weight excluding hydrogens is 972 g/mol. The number of carboxylic acid groups (broad SMARTS) is 2. The molecule has 2 aromatic heterocycles. The summed E-state index contributed by atoms with van der Waals surface area (Å²) in [6.45, 7) is 7.61. The Labute approximate surface area is 401 Å². The average Bonchev–Trinajstić information content (AvgIpc) is 3.22. The van der Waals surface area contributed by atoms with Gasteiger partial charge in [0.25, 0.3) is 0 Å². The Morgan fingerprint density at radius 1 is 0.627 bits per heavy atom. The standard InChI is InChI=1S/2C22H28FN3O6S.Zn/c2*1-14(2)18-17(7-5-4-6-12-22(29,30)20(27)28)19(15-8-10-16(23)11-9-15)26-21(25-18)24-13-33(3,31)32;/h2*5,7-11,14,29-30H,4,6,12-13H2,1-3H3,(H,27,28)(H,24,25,26);/q;;+2/p-2. The van der Waals surface area contributed by atoms with Gasteiger partial charge in [-0.05, 0) is 86.1 Å². The molecule has 360 valence electrons. The summed E-state index contributed by atoms with van der Waals surface area (Å²) in [7, 11) is -6.66. The van der Waals surface area contributed by atoms with Gasteiger partial charge in [-0.15, -0.1) is 0 Å². The average molecular weight is 1030 g/mol. The van der Waals surface area contributed by atoms with Crippen LogP contribution < -0.4 is 20.8 Å². The monoisotopic (exact) mass is 1020 g/mol. The number of unbranched alkanes of at least 4 members (excludes halogenated alkanes) is 2. The molecule has 2 aromatic carbocycles. The van der Waals surface area contributed by atoms with Crippen LogP contribution in [0.4, 0.5) is 20.7 Å². The molecule has 0 fully saturated rings. The molecule has 23 heteroatoms. The van der Waals surface area contributed by atoms with E-state index in [9.17, 15) is 65.8 Å². The summed E-state index contributed by atoms with van der Waals surface area (Å²) in [5, 5.41) is 64.2. The molecule has 0 atom stereocenters. The predicted molar refractivity (Wildman–Crippen MR) is 240 cm³/mol. The second-order valence-electron chi connectivity index (χ2n) is 16.0. The zero-order valence-corrected chi connectivity index (χ0v) is 42.5. The molecule has 18 nitrogen and oxygen atoms in total. The Morgan fingerprint density at radius 2 is 0.940 bits per heavy atom. The fraction of sp³-hybridized carbons (Fsp3) is 0.409. The van der Waals surface area contributed by atoms with Crippen molar-refractivity contribution in [2.75, 3.05) is 34.9 Å². The summed E-state index contributed by atoms with van der Waals surface area (Å²) in [6.07, 6.45) is 9.19. The number of halogens is 2. The largest absolute Gasteiger partial charge is 2.00 e. The van der Waals surface area contributed by atoms with Crippen molar-refractivity contribution in [2.45, 2.75) is 89.6 Å². The van der Waals surface area contributed by atoms with E-state index in [1.165, 1.54) is 24.3 Å². The first kappa shape index (κ1) is 58.0. The molecule has 4 aromatic rings. The van der Waals surface area contributed by atoms with Crippen LogP contribution in [-0.4, -0.2) is 105 Å². The first-order valence-electron chi connectivity index (χ1n) is 20.4. The summed E-state index contributed by atoms with van der Waals surface area (Å²) in [5.74, 6) is -11.2. The minimum Gasteiger partial charge on any atom is -0.544 e. The first-order chi connectivity index (χ1) is 30.6. The van der Waals surface area contributed by atoms with E-state index in [1.54, 1.807) is 48.6 Å². The van der Waals surface area contributed by atoms with Crippen molar-refractivity contribution in [1.29, 1.82) is 0 Å². The van der Waals surface area contributed by atoms with Crippen LogP contribution >= 0.6 is 0 Å². The molecule has 0 unspecified atom stereocenters. The number of hydrogen-bond donors (Lipinski definition) is 6. The molecule has 67 heavy (non-hydrogen) atoms. The van der Waals surface area contributed by atoms with E-state index < -0.39 is 67.7 Å². The van der Waals surface area contributed by atoms with Gasteiger partial charge in [0, 0.05) is 47.6 Å². The zero-order chi connectivity index (χ0) is 49.6. The van der Waals surface area contributed by atoms with Gasteiger partial charge < -0.3 is 50.9 Å². The number of rotatable bonds is 22. The van der Waals surface area contributed by atoms with E-state index in [0.717, 1.165) is 12.5 Å². The molecule has 0 aliphatic heterocycles. The summed E-state index contributed by atoms with van der Waals surface area (Å²) >= 11 is 0. The van der Waals surface area contributed by atoms with Gasteiger partial charge in [0.2, 0.25) is 23.5 Å². The minimum atomic E-state index is -3.33. The Hall–Kier alpha value is -5.16. The third-order valence-electron chi connectivity index (χ3n) is 9.28. The number of sulfone groups is 2. The second-order valence-corrected chi connectivity index (χ2v) is 20.3. The van der Waals surface area contributed by atoms with Gasteiger partial charge in [0.15, 0.2) is 19.7 Å². The van der Waals surface area contributed by atoms with E-state index in [-0.39, 0.29) is 67.8 Å². The van der Waals surface area contributed by atoms with Gasteiger partial charge >= 0.3 is 19.5 Å². The number of carbonyl (C=O) groups excluding carboxylic acids is 2. The number of aliphatic carboxylic acids is 2. The molecule has 0 amide bonds. The van der Waals surface area contributed by atoms with E-state index in [2.05, 4.69) is 30.6 Å². The van der Waals surface area contributed by atoms with Crippen LogP contribution in [0.25, 0.3) is 34.7 Å². The van der Waals surface area contributed by atoms with Crippen molar-refractivity contribution >= 4 is 55.7 Å². The van der Waals surface area contributed by atoms with Crippen LogP contribution in [0.15, 0.2) is 60.7 Å². The van der Waals surface area contributed by atoms with Crippen LogP contribution in [-0.2, 0) is 48.7 Å². The number of hydrogen-bond acceptors (Lipinski definition) is 18. The normalized spacial score (nSPS) is 12.3. The molecule has 0 radical (unpaired) electrons. The van der Waals surface area contributed by atoms with Crippen molar-refractivity contribution in [1.82, 2.24) is 19.9 Å². The molecule has 4 rings (SSSR count). The number of allylic oxidation sites excluding steroid dienone is 2. The summed E-state index contributed by atoms with van der Waals surface area (Å²) in [5.41, 5.74) is 4.56. The molecular formula is C44H54F2N6O12S2Zn. The number of aromatic nitrogens is 4. The third kappa shape index (κ3) is 19.2. The van der Waals surface area contributed by atoms with E-state index in [1.807, 2.05) is 27.7 Å². The number of aliphatic hydroxyl groups is 4. The summed E-state index contributed by atoms with van der Waals surface area (Å²) < 4.78 is 73.1. The number of benzene rings is 2. The topological polar surface area (TPSA) is 305 Å². The number of carbonyl (C=O) groups is 2. The number of anilines is 2. The van der Waals surface area contributed by atoms with Gasteiger partial charge in [0.05, 0.1) is 22.8 Å². The van der Waals surface area contributed by atoms with Crippen LogP contribution in [0.2, 0.25) is 0 Å². The number of nitrogens with zero attached hydrogens (tertiary/aromatic N) is 4. The van der Waals surface area contributed by atoms with Crippen molar-refractivity contribution in [3.8, 4) is 22.5 Å². The Kier molecular flexibility index (Phi) is 21.9. The van der Waals surface area contributed by atoms with E-state index in [4.69, 9.17) is 0 Å². The van der Waals surface area contributed by atoms with Crippen LogP contribution in [0.1, 0.15) is 101 Å². The maximum absolute atomic E-state index is 13.5. The molecule has 0 saturated carbocycles. The molecule has 6 N–H and O–H groups in total. The van der Waals surface area contributed by atoms with Crippen LogP contribution in [0.3, 0.4) is 0 Å². The predicted octanol–water partition coefficient (Wildman–Crippen LogP) is 2.87. The smallest absolute Gasteiger partial charge is 0.544 e. The van der Waals surface area contributed by atoms with Crippen molar-refractivity contribution in [3.05, 3.63) is 94.8 Å². The minimum absolute atomic E-state index is 0. The van der Waals surface area contributed by atoms with E-state index in [0.29, 0.717) is 57.9 Å². The Morgan fingerprint density at radius 3 is 1.21 bits per heavy atom. The maximum atomic E-state index is 13.5. The van der Waals surface area contributed by atoms with Crippen molar-refractivity contribution < 1.29 is 85.3 Å². The van der Waals surface area contributed by atoms with E-state index >= 15 is 0 Å². The van der Waals surface area contributed by atoms with Gasteiger partial charge in [0.1, 0.15) is 35.3 Å². The Balaban J connectivity index is 0.000000453. The molecule has 0 aliphatic rings. The quantitative estimate of drug-likeness (QED) is 0.0375. The second kappa shape index (κ2) is 25.3. The number of nitrogens with one attached hydrogen (secondary N) is 2. The van der Waals surface area contributed by atoms with Crippen molar-refractivity contribution in [2.24, 2.45) is 0 Å². The van der Waals surface area contributed by atoms with Crippen LogP contribution in [0, 0.1) is 11.6 Å². The summed E-state index contributed by atoms with van der Waals surface area (Å²) in [6, 6.07) is 11.3. The SMILES string of the molecule is CC(C)c1nc(NCS(C)(=O)=O)nc(-c2ccc(F)cc2)c1C=CCCCC(O)(O)C(=O)[O-].CC(C)c1nc(NCS(C)(=O)=O)nc(-c2ccc(F)cc2)c1C=CCCCC(O)(O)C(=O)[O-].[Zn+2]. The molecule has 0 bridgehead atoms. The van der Waals surface area contributed by atoms with Gasteiger partial charge in [-0.3, -0.25) is 0 Å². The fourth-order valence-electron chi connectivity index (χ4n) is 5.93. The third-order valence-corrected chi connectivity index (χ3v) is 10.6. The molecule has 0 spiro atoms.